The maximum Gasteiger partial charge on any atom is 0.309 e. The molecule has 1 amide bonds. The Balaban J connectivity index is 1.25. The van der Waals surface area contributed by atoms with Crippen LogP contribution in [0.15, 0.2) is 35.5 Å². The number of aromatic nitrogens is 2. The molecule has 0 bridgehead atoms. The fraction of sp³-hybridized carbons (Fsp3) is 0.556. The van der Waals surface area contributed by atoms with Gasteiger partial charge < -0.3 is 14.5 Å². The number of ether oxygens (including phenoxy) is 1. The molecule has 0 N–H and O–H groups in total. The van der Waals surface area contributed by atoms with E-state index < -0.39 is 0 Å². The van der Waals surface area contributed by atoms with Crippen LogP contribution in [0.2, 0.25) is 0 Å². The molecule has 8 heteroatoms. The normalized spacial score (nSPS) is 27.8. The molecule has 2 unspecified atom stereocenters. The minimum atomic E-state index is -0.0958. The zero-order valence-corrected chi connectivity index (χ0v) is 21.0. The molecule has 4 heterocycles. The zero-order valence-electron chi connectivity index (χ0n) is 20.1. The van der Waals surface area contributed by atoms with Gasteiger partial charge in [-0.3, -0.25) is 14.6 Å². The number of anilines is 1. The lowest BCUT2D eigenvalue weighted by atomic mass is 9.97. The standard InChI is InChI=1S/C27H32N4O3S/c1-34-27(33)23-20-14-31(15-21(20)23)25-22(35)11-19(24(29-25)16-5-2-3-6-16)26(32)30-10-8-18(13-30)17-7-4-9-28-12-17/h4,7,9,11-12,16,18,20-21,23,35H,2-3,5-6,8,10,13-15H2,1H3/t18?,20-,21+,23?. The van der Waals surface area contributed by atoms with Crippen LogP contribution in [0.5, 0.6) is 0 Å². The van der Waals surface area contributed by atoms with Gasteiger partial charge in [0, 0.05) is 55.3 Å². The molecular weight excluding hydrogens is 460 g/mol. The molecule has 6 rings (SSSR count). The molecule has 0 aromatic carbocycles. The molecule has 184 valence electrons. The summed E-state index contributed by atoms with van der Waals surface area (Å²) in [5.74, 6) is 2.17. The maximum atomic E-state index is 13.8. The van der Waals surface area contributed by atoms with Crippen LogP contribution in [-0.4, -0.2) is 60.0 Å². The summed E-state index contributed by atoms with van der Waals surface area (Å²) in [7, 11) is 1.46. The highest BCUT2D eigenvalue weighted by atomic mass is 32.1. The highest BCUT2D eigenvalue weighted by Gasteiger charge is 2.60. The number of amides is 1. The van der Waals surface area contributed by atoms with Crippen molar-refractivity contribution in [1.82, 2.24) is 14.9 Å². The summed E-state index contributed by atoms with van der Waals surface area (Å²) in [5, 5.41) is 0. The first-order valence-electron chi connectivity index (χ1n) is 12.8. The van der Waals surface area contributed by atoms with Gasteiger partial charge in [0.15, 0.2) is 0 Å². The molecule has 0 radical (unpaired) electrons. The number of carbonyl (C=O) groups excluding carboxylic acids is 2. The van der Waals surface area contributed by atoms with Gasteiger partial charge in [-0.2, -0.15) is 0 Å². The average molecular weight is 493 g/mol. The van der Waals surface area contributed by atoms with Crippen molar-refractivity contribution in [3.05, 3.63) is 47.4 Å². The molecule has 35 heavy (non-hydrogen) atoms. The Kier molecular flexibility index (Phi) is 5.95. The van der Waals surface area contributed by atoms with Crippen LogP contribution < -0.4 is 4.90 Å². The smallest absolute Gasteiger partial charge is 0.309 e. The molecule has 4 fully saturated rings. The van der Waals surface area contributed by atoms with E-state index in [4.69, 9.17) is 22.3 Å². The summed E-state index contributed by atoms with van der Waals surface area (Å²) < 4.78 is 4.95. The second-order valence-electron chi connectivity index (χ2n) is 10.6. The van der Waals surface area contributed by atoms with Crippen molar-refractivity contribution in [3.63, 3.8) is 0 Å². The van der Waals surface area contributed by atoms with E-state index in [1.807, 2.05) is 23.2 Å². The minimum absolute atomic E-state index is 0.0256. The molecule has 2 aromatic heterocycles. The molecule has 2 saturated carbocycles. The molecule has 2 saturated heterocycles. The Morgan fingerprint density at radius 1 is 1.09 bits per heavy atom. The van der Waals surface area contributed by atoms with Crippen LogP contribution in [0.3, 0.4) is 0 Å². The van der Waals surface area contributed by atoms with Gasteiger partial charge in [-0.25, -0.2) is 4.98 Å². The van der Waals surface area contributed by atoms with Crippen molar-refractivity contribution < 1.29 is 14.3 Å². The first-order valence-corrected chi connectivity index (χ1v) is 13.3. The van der Waals surface area contributed by atoms with Crippen LogP contribution in [0.1, 0.15) is 65.6 Å². The topological polar surface area (TPSA) is 75.6 Å². The summed E-state index contributed by atoms with van der Waals surface area (Å²) in [6, 6.07) is 6.02. The Morgan fingerprint density at radius 2 is 1.86 bits per heavy atom. The number of methoxy groups -OCH3 is 1. The van der Waals surface area contributed by atoms with E-state index in [1.165, 1.54) is 25.5 Å². The molecule has 0 spiro atoms. The van der Waals surface area contributed by atoms with Gasteiger partial charge in [-0.15, -0.1) is 12.6 Å². The predicted octanol–water partition coefficient (Wildman–Crippen LogP) is 3.91. The number of nitrogens with zero attached hydrogens (tertiary/aromatic N) is 4. The summed E-state index contributed by atoms with van der Waals surface area (Å²) in [5.41, 5.74) is 2.85. The average Bonchev–Trinajstić information content (AvgIpc) is 3.41. The fourth-order valence-corrected chi connectivity index (χ4v) is 6.93. The van der Waals surface area contributed by atoms with Crippen molar-refractivity contribution in [2.45, 2.75) is 48.8 Å². The quantitative estimate of drug-likeness (QED) is 0.504. The summed E-state index contributed by atoms with van der Waals surface area (Å²) in [4.78, 5) is 40.1. The van der Waals surface area contributed by atoms with Crippen LogP contribution in [0.25, 0.3) is 0 Å². The lowest BCUT2D eigenvalue weighted by Gasteiger charge is -2.26. The van der Waals surface area contributed by atoms with Gasteiger partial charge in [0.2, 0.25) is 0 Å². The maximum absolute atomic E-state index is 13.8. The third-order valence-corrected chi connectivity index (χ3v) is 8.91. The second-order valence-corrected chi connectivity index (χ2v) is 11.0. The van der Waals surface area contributed by atoms with Gasteiger partial charge in [-0.1, -0.05) is 18.9 Å². The van der Waals surface area contributed by atoms with Crippen LogP contribution in [-0.2, 0) is 9.53 Å². The van der Waals surface area contributed by atoms with E-state index in [-0.39, 0.29) is 17.8 Å². The first kappa shape index (κ1) is 22.8. The number of hydrogen-bond acceptors (Lipinski definition) is 7. The Morgan fingerprint density at radius 3 is 2.54 bits per heavy atom. The molecule has 4 aliphatic rings. The van der Waals surface area contributed by atoms with Crippen LogP contribution in [0.4, 0.5) is 5.82 Å². The number of likely N-dealkylation sites (tertiary alicyclic amines) is 1. The van der Waals surface area contributed by atoms with Crippen molar-refractivity contribution in [1.29, 1.82) is 0 Å². The van der Waals surface area contributed by atoms with E-state index in [9.17, 15) is 9.59 Å². The number of piperidine rings is 1. The summed E-state index contributed by atoms with van der Waals surface area (Å²) in [6.45, 7) is 3.04. The predicted molar refractivity (Wildman–Crippen MR) is 135 cm³/mol. The van der Waals surface area contributed by atoms with Crippen molar-refractivity contribution in [3.8, 4) is 0 Å². The number of fused-ring (bicyclic) bond motifs is 1. The Bertz CT molecular complexity index is 1120. The number of carbonyl (C=O) groups is 2. The van der Waals surface area contributed by atoms with Crippen molar-refractivity contribution in [2.24, 2.45) is 17.8 Å². The number of pyridine rings is 2. The zero-order chi connectivity index (χ0) is 24.1. The van der Waals surface area contributed by atoms with E-state index in [1.54, 1.807) is 6.20 Å². The third-order valence-electron chi connectivity index (χ3n) is 8.58. The molecule has 2 aliphatic carbocycles. The molecule has 2 aromatic rings. The Labute approximate surface area is 211 Å². The van der Waals surface area contributed by atoms with Gasteiger partial charge in [-0.05, 0) is 48.8 Å². The van der Waals surface area contributed by atoms with E-state index in [0.717, 1.165) is 55.3 Å². The number of hydrogen-bond donors (Lipinski definition) is 1. The highest BCUT2D eigenvalue weighted by Crippen LogP contribution is 2.53. The minimum Gasteiger partial charge on any atom is -0.469 e. The summed E-state index contributed by atoms with van der Waals surface area (Å²) >= 11 is 4.80. The molecule has 4 atom stereocenters. The molecule has 7 nitrogen and oxygen atoms in total. The van der Waals surface area contributed by atoms with Crippen LogP contribution >= 0.6 is 12.6 Å². The van der Waals surface area contributed by atoms with Crippen molar-refractivity contribution in [2.75, 3.05) is 38.2 Å². The van der Waals surface area contributed by atoms with E-state index >= 15 is 0 Å². The van der Waals surface area contributed by atoms with E-state index in [2.05, 4.69) is 16.0 Å². The first-order chi connectivity index (χ1) is 17.0. The SMILES string of the molecule is COC(=O)C1[C@H]2CN(c3nc(C4CCCC4)c(C(=O)N4CCC(c5cccnc5)C4)cc3S)C[C@@H]12. The summed E-state index contributed by atoms with van der Waals surface area (Å²) in [6.07, 6.45) is 9.16. The van der Waals surface area contributed by atoms with Gasteiger partial charge >= 0.3 is 5.97 Å². The second kappa shape index (κ2) is 9.12. The van der Waals surface area contributed by atoms with Crippen molar-refractivity contribution >= 4 is 30.3 Å². The van der Waals surface area contributed by atoms with Gasteiger partial charge in [0.25, 0.3) is 5.91 Å². The largest absolute Gasteiger partial charge is 0.469 e. The molecular formula is C27H32N4O3S. The number of thiol groups is 1. The highest BCUT2D eigenvalue weighted by molar-refractivity contribution is 7.80. The fourth-order valence-electron chi connectivity index (χ4n) is 6.61. The van der Waals surface area contributed by atoms with Gasteiger partial charge in [0.1, 0.15) is 5.82 Å². The lowest BCUT2D eigenvalue weighted by Crippen LogP contribution is -2.31. The lowest BCUT2D eigenvalue weighted by molar-refractivity contribution is -0.142. The Hall–Kier alpha value is -2.61. The third kappa shape index (κ3) is 4.09. The van der Waals surface area contributed by atoms with Crippen LogP contribution in [0, 0.1) is 17.8 Å². The monoisotopic (exact) mass is 492 g/mol. The number of rotatable bonds is 5. The van der Waals surface area contributed by atoms with Gasteiger partial charge in [0.05, 0.1) is 24.3 Å². The number of esters is 1. The molecule has 2 aliphatic heterocycles. The van der Waals surface area contributed by atoms with E-state index in [0.29, 0.717) is 35.8 Å².